The maximum atomic E-state index is 13.8. The highest BCUT2D eigenvalue weighted by atomic mass is 19.4. The molecule has 0 aliphatic rings. The van der Waals surface area contributed by atoms with Gasteiger partial charge in [-0.3, -0.25) is 9.59 Å². The van der Waals surface area contributed by atoms with Gasteiger partial charge in [-0.1, -0.05) is 54.6 Å². The number of alkyl halides is 3. The van der Waals surface area contributed by atoms with Crippen LogP contribution in [0.3, 0.4) is 0 Å². The monoisotopic (exact) mass is 494 g/mol. The molecular formula is C27H25F3N4O2. The Morgan fingerprint density at radius 3 is 2.39 bits per heavy atom. The normalized spacial score (nSPS) is 12.4. The molecule has 0 saturated carbocycles. The second-order valence-electron chi connectivity index (χ2n) is 8.50. The summed E-state index contributed by atoms with van der Waals surface area (Å²) in [5, 5.41) is 2.72. The second-order valence-corrected chi connectivity index (χ2v) is 8.50. The number of nitrogens with one attached hydrogen (secondary N) is 1. The molecule has 6 nitrogen and oxygen atoms in total. The average molecular weight is 495 g/mol. The number of benzene rings is 3. The van der Waals surface area contributed by atoms with E-state index in [0.29, 0.717) is 5.69 Å². The van der Waals surface area contributed by atoms with Gasteiger partial charge in [0.25, 0.3) is 0 Å². The third-order valence-corrected chi connectivity index (χ3v) is 5.87. The van der Waals surface area contributed by atoms with Gasteiger partial charge in [0, 0.05) is 19.2 Å². The van der Waals surface area contributed by atoms with Gasteiger partial charge < -0.3 is 14.8 Å². The quantitative estimate of drug-likeness (QED) is 0.353. The van der Waals surface area contributed by atoms with E-state index in [1.165, 1.54) is 24.0 Å². The van der Waals surface area contributed by atoms with Crippen molar-refractivity contribution in [1.29, 1.82) is 0 Å². The van der Waals surface area contributed by atoms with Crippen molar-refractivity contribution in [3.05, 3.63) is 95.8 Å². The summed E-state index contributed by atoms with van der Waals surface area (Å²) >= 11 is 0. The summed E-state index contributed by atoms with van der Waals surface area (Å²) in [6, 6.07) is 22.0. The molecule has 0 fully saturated rings. The highest BCUT2D eigenvalue weighted by Gasteiger charge is 2.38. The fourth-order valence-corrected chi connectivity index (χ4v) is 4.16. The van der Waals surface area contributed by atoms with E-state index in [1.54, 1.807) is 30.3 Å². The number of hydrogen-bond acceptors (Lipinski definition) is 3. The summed E-state index contributed by atoms with van der Waals surface area (Å²) in [5.41, 5.74) is 2.54. The van der Waals surface area contributed by atoms with Crippen LogP contribution in [0, 0.1) is 0 Å². The third-order valence-electron chi connectivity index (χ3n) is 5.87. The average Bonchev–Trinajstić information content (AvgIpc) is 3.21. The van der Waals surface area contributed by atoms with Crippen molar-refractivity contribution in [3.63, 3.8) is 0 Å². The van der Waals surface area contributed by atoms with E-state index >= 15 is 0 Å². The van der Waals surface area contributed by atoms with Crippen LogP contribution in [0.1, 0.15) is 36.8 Å². The van der Waals surface area contributed by atoms with Gasteiger partial charge in [0.1, 0.15) is 6.54 Å². The largest absolute Gasteiger partial charge is 0.449 e. The molecule has 1 heterocycles. The first kappa shape index (κ1) is 25.0. The van der Waals surface area contributed by atoms with Gasteiger partial charge in [0.15, 0.2) is 0 Å². The zero-order valence-electron chi connectivity index (χ0n) is 19.8. The summed E-state index contributed by atoms with van der Waals surface area (Å²) < 4.78 is 42.4. The zero-order valence-corrected chi connectivity index (χ0v) is 19.8. The van der Waals surface area contributed by atoms with Crippen molar-refractivity contribution >= 4 is 28.5 Å². The number of anilines is 1. The number of hydrogen-bond donors (Lipinski definition) is 1. The molecule has 4 rings (SSSR count). The predicted octanol–water partition coefficient (Wildman–Crippen LogP) is 5.80. The van der Waals surface area contributed by atoms with E-state index in [4.69, 9.17) is 0 Å². The highest BCUT2D eigenvalue weighted by molar-refractivity contribution is 5.88. The van der Waals surface area contributed by atoms with E-state index in [-0.39, 0.29) is 23.5 Å². The van der Waals surface area contributed by atoms with Crippen LogP contribution in [-0.2, 0) is 28.9 Å². The SMILES string of the molecule is CC(=O)Nc1cccc(C(C)N(Cc2ccccc2)C(=O)Cn2c(C(F)(F)F)nc3ccccc32)c1. The van der Waals surface area contributed by atoms with E-state index in [2.05, 4.69) is 10.3 Å². The minimum atomic E-state index is -4.72. The molecule has 0 spiro atoms. The number of amides is 2. The molecule has 0 radical (unpaired) electrons. The lowest BCUT2D eigenvalue weighted by molar-refractivity contribution is -0.148. The number of rotatable bonds is 7. The van der Waals surface area contributed by atoms with Crippen molar-refractivity contribution in [2.75, 3.05) is 5.32 Å². The van der Waals surface area contributed by atoms with Crippen molar-refractivity contribution in [1.82, 2.24) is 14.5 Å². The molecule has 0 aliphatic carbocycles. The topological polar surface area (TPSA) is 67.2 Å². The van der Waals surface area contributed by atoms with Crippen molar-refractivity contribution in [2.24, 2.45) is 0 Å². The van der Waals surface area contributed by atoms with E-state index in [1.807, 2.05) is 43.3 Å². The smallest absolute Gasteiger partial charge is 0.330 e. The Kier molecular flexibility index (Phi) is 7.10. The minimum absolute atomic E-state index is 0.170. The summed E-state index contributed by atoms with van der Waals surface area (Å²) in [6.45, 7) is 2.87. The maximum absolute atomic E-state index is 13.8. The van der Waals surface area contributed by atoms with E-state index < -0.39 is 30.5 Å². The van der Waals surface area contributed by atoms with Crippen LogP contribution in [0.2, 0.25) is 0 Å². The molecule has 186 valence electrons. The third kappa shape index (κ3) is 5.56. The van der Waals surface area contributed by atoms with Gasteiger partial charge in [0.05, 0.1) is 17.1 Å². The standard InChI is InChI=1S/C27H25F3N4O2/c1-18(21-11-8-12-22(15-21)31-19(2)35)33(16-20-9-4-3-5-10-20)25(36)17-34-24-14-7-6-13-23(24)32-26(34)27(28,29)30/h3-15,18H,16-17H2,1-2H3,(H,31,35). The Morgan fingerprint density at radius 2 is 1.69 bits per heavy atom. The lowest BCUT2D eigenvalue weighted by Gasteiger charge is -2.31. The zero-order chi connectivity index (χ0) is 25.9. The lowest BCUT2D eigenvalue weighted by atomic mass is 10.0. The summed E-state index contributed by atoms with van der Waals surface area (Å²) in [6.07, 6.45) is -4.72. The Morgan fingerprint density at radius 1 is 1.00 bits per heavy atom. The van der Waals surface area contributed by atoms with Crippen LogP contribution < -0.4 is 5.32 Å². The first-order valence-corrected chi connectivity index (χ1v) is 11.4. The van der Waals surface area contributed by atoms with E-state index in [9.17, 15) is 22.8 Å². The first-order valence-electron chi connectivity index (χ1n) is 11.4. The number of halogens is 3. The Labute approximate surface area is 206 Å². The highest BCUT2D eigenvalue weighted by Crippen LogP contribution is 2.32. The molecule has 0 aliphatic heterocycles. The fourth-order valence-electron chi connectivity index (χ4n) is 4.16. The number of fused-ring (bicyclic) bond motifs is 1. The number of carbonyl (C=O) groups excluding carboxylic acids is 2. The fraction of sp³-hybridized carbons (Fsp3) is 0.222. The predicted molar refractivity (Wildman–Crippen MR) is 131 cm³/mol. The lowest BCUT2D eigenvalue weighted by Crippen LogP contribution is -2.36. The van der Waals surface area contributed by atoms with Crippen molar-refractivity contribution in [3.8, 4) is 0 Å². The Balaban J connectivity index is 1.72. The number of aromatic nitrogens is 2. The summed E-state index contributed by atoms with van der Waals surface area (Å²) in [4.78, 5) is 30.4. The van der Waals surface area contributed by atoms with Gasteiger partial charge in [-0.2, -0.15) is 13.2 Å². The summed E-state index contributed by atoms with van der Waals surface area (Å²) in [7, 11) is 0. The molecule has 0 bridgehead atoms. The Hall–Kier alpha value is -4.14. The molecular weight excluding hydrogens is 469 g/mol. The molecule has 1 atom stereocenters. The summed E-state index contributed by atoms with van der Waals surface area (Å²) in [5.74, 6) is -1.84. The van der Waals surface area contributed by atoms with Crippen LogP contribution in [0.25, 0.3) is 11.0 Å². The molecule has 1 N–H and O–H groups in total. The number of imidazole rings is 1. The van der Waals surface area contributed by atoms with Crippen LogP contribution in [0.15, 0.2) is 78.9 Å². The van der Waals surface area contributed by atoms with Gasteiger partial charge in [-0.05, 0) is 42.3 Å². The first-order chi connectivity index (χ1) is 17.1. The second kappa shape index (κ2) is 10.2. The Bertz CT molecular complexity index is 1380. The van der Waals surface area contributed by atoms with Crippen molar-refractivity contribution < 1.29 is 22.8 Å². The molecule has 4 aromatic rings. The molecule has 0 saturated heterocycles. The van der Waals surface area contributed by atoms with Crippen LogP contribution in [-0.4, -0.2) is 26.3 Å². The van der Waals surface area contributed by atoms with Crippen molar-refractivity contribution in [2.45, 2.75) is 39.2 Å². The molecule has 1 unspecified atom stereocenters. The van der Waals surface area contributed by atoms with Gasteiger partial charge in [-0.25, -0.2) is 4.98 Å². The molecule has 9 heteroatoms. The van der Waals surface area contributed by atoms with Crippen LogP contribution in [0.4, 0.5) is 18.9 Å². The van der Waals surface area contributed by atoms with Gasteiger partial charge in [-0.15, -0.1) is 0 Å². The van der Waals surface area contributed by atoms with Crippen LogP contribution >= 0.6 is 0 Å². The van der Waals surface area contributed by atoms with Gasteiger partial charge >= 0.3 is 6.18 Å². The maximum Gasteiger partial charge on any atom is 0.449 e. The molecule has 3 aromatic carbocycles. The van der Waals surface area contributed by atoms with Crippen LogP contribution in [0.5, 0.6) is 0 Å². The minimum Gasteiger partial charge on any atom is -0.330 e. The van der Waals surface area contributed by atoms with Gasteiger partial charge in [0.2, 0.25) is 17.6 Å². The number of nitrogens with zero attached hydrogens (tertiary/aromatic N) is 3. The molecule has 2 amide bonds. The van der Waals surface area contributed by atoms with E-state index in [0.717, 1.165) is 15.7 Å². The number of carbonyl (C=O) groups is 2. The molecule has 1 aromatic heterocycles. The number of para-hydroxylation sites is 2. The molecule has 36 heavy (non-hydrogen) atoms.